The molecule has 2 fully saturated rings. The number of ether oxygens (including phenoxy) is 2. The van der Waals surface area contributed by atoms with Gasteiger partial charge in [-0.2, -0.15) is 0 Å². The number of fused-ring (bicyclic) bond motifs is 1. The molecule has 1 aliphatic carbocycles. The van der Waals surface area contributed by atoms with Crippen LogP contribution in [0.2, 0.25) is 0 Å². The van der Waals surface area contributed by atoms with Gasteiger partial charge in [0.15, 0.2) is 16.2 Å². The first kappa shape index (κ1) is 17.7. The van der Waals surface area contributed by atoms with Crippen molar-refractivity contribution in [1.82, 2.24) is 0 Å². The number of nitrogens with one attached hydrogen (secondary N) is 1. The quantitative estimate of drug-likeness (QED) is 0.849. The number of anilines is 2. The number of hydrogen-bond donors (Lipinski definition) is 1. The third kappa shape index (κ3) is 2.55. The molecule has 1 saturated carbocycles. The highest BCUT2D eigenvalue weighted by Crippen LogP contribution is 2.58. The van der Waals surface area contributed by atoms with Gasteiger partial charge in [-0.25, -0.2) is 8.42 Å². The highest BCUT2D eigenvalue weighted by atomic mass is 32.2. The lowest BCUT2D eigenvalue weighted by Crippen LogP contribution is -2.42. The molecule has 0 bridgehead atoms. The van der Waals surface area contributed by atoms with E-state index in [1.54, 1.807) is 42.5 Å². The van der Waals surface area contributed by atoms with Gasteiger partial charge in [-0.3, -0.25) is 9.10 Å². The third-order valence-corrected chi connectivity index (χ3v) is 7.80. The minimum absolute atomic E-state index is 0.206. The fraction of sp³-hybridized carbons (Fsp3) is 0.316. The van der Waals surface area contributed by atoms with Crippen molar-refractivity contribution in [3.05, 3.63) is 48.5 Å². The van der Waals surface area contributed by atoms with Crippen LogP contribution in [0, 0.1) is 5.92 Å². The summed E-state index contributed by atoms with van der Waals surface area (Å²) in [5.74, 6) is 0.281. The van der Waals surface area contributed by atoms with Gasteiger partial charge in [-0.15, -0.1) is 0 Å². The Kier molecular flexibility index (Phi) is 4.03. The molecule has 0 aromatic heterocycles. The molecule has 0 spiro atoms. The second-order valence-corrected chi connectivity index (χ2v) is 8.81. The average molecular weight is 388 g/mol. The number of para-hydroxylation sites is 1. The Balaban J connectivity index is 1.60. The molecule has 7 nitrogen and oxygen atoms in total. The molecule has 2 aliphatic rings. The van der Waals surface area contributed by atoms with Crippen molar-refractivity contribution in [2.75, 3.05) is 30.4 Å². The molecule has 27 heavy (non-hydrogen) atoms. The molecule has 8 heteroatoms. The summed E-state index contributed by atoms with van der Waals surface area (Å²) in [5, 5.41) is 2.74. The smallest absolute Gasteiger partial charge is 0.250 e. The lowest BCUT2D eigenvalue weighted by Gasteiger charge is -2.23. The molecule has 1 heterocycles. The summed E-state index contributed by atoms with van der Waals surface area (Å²) in [4.78, 5) is 12.9. The van der Waals surface area contributed by atoms with E-state index in [4.69, 9.17) is 9.47 Å². The van der Waals surface area contributed by atoms with Crippen molar-refractivity contribution >= 4 is 27.3 Å². The largest absolute Gasteiger partial charge is 0.493 e. The summed E-state index contributed by atoms with van der Waals surface area (Å²) >= 11 is 0. The van der Waals surface area contributed by atoms with Gasteiger partial charge in [-0.1, -0.05) is 18.2 Å². The second-order valence-electron chi connectivity index (χ2n) is 6.69. The zero-order valence-electron chi connectivity index (χ0n) is 15.0. The summed E-state index contributed by atoms with van der Waals surface area (Å²) in [5.41, 5.74) is 1.05. The number of nitrogens with zero attached hydrogens (tertiary/aromatic N) is 1. The van der Waals surface area contributed by atoms with Crippen LogP contribution < -0.4 is 19.1 Å². The standard InChI is InChI=1S/C19H20N2O5S/c1-25-16-9-8-14(10-17(16)26-2)20-18(22)19-11-13(19)12-21(27(19,23)24)15-6-4-3-5-7-15/h3-10,13H,11-12H2,1-2H3,(H,20,22)/t13-,19+/m0/s1. The number of benzene rings is 2. The average Bonchev–Trinajstić information content (AvgIpc) is 3.37. The van der Waals surface area contributed by atoms with Gasteiger partial charge in [0, 0.05) is 24.2 Å². The number of sulfonamides is 1. The minimum Gasteiger partial charge on any atom is -0.493 e. The van der Waals surface area contributed by atoms with Gasteiger partial charge >= 0.3 is 0 Å². The summed E-state index contributed by atoms with van der Waals surface area (Å²) in [6.07, 6.45) is 0.345. The van der Waals surface area contributed by atoms with Gasteiger partial charge in [0.25, 0.3) is 0 Å². The molecule has 2 atom stereocenters. The summed E-state index contributed by atoms with van der Waals surface area (Å²) in [6, 6.07) is 13.8. The predicted octanol–water partition coefficient (Wildman–Crippen LogP) is 2.25. The maximum absolute atomic E-state index is 13.1. The summed E-state index contributed by atoms with van der Waals surface area (Å²) in [7, 11) is -0.770. The zero-order valence-corrected chi connectivity index (χ0v) is 15.8. The lowest BCUT2D eigenvalue weighted by atomic mass is 10.2. The fourth-order valence-corrected chi connectivity index (χ4v) is 6.08. The van der Waals surface area contributed by atoms with E-state index in [2.05, 4.69) is 5.32 Å². The molecule has 4 rings (SSSR count). The van der Waals surface area contributed by atoms with Crippen LogP contribution in [0.25, 0.3) is 0 Å². The molecule has 1 N–H and O–H groups in total. The zero-order chi connectivity index (χ0) is 19.2. The highest BCUT2D eigenvalue weighted by molar-refractivity contribution is 7.95. The van der Waals surface area contributed by atoms with E-state index in [1.807, 2.05) is 6.07 Å². The van der Waals surface area contributed by atoms with E-state index in [9.17, 15) is 13.2 Å². The van der Waals surface area contributed by atoms with Crippen LogP contribution in [0.3, 0.4) is 0 Å². The monoisotopic (exact) mass is 388 g/mol. The SMILES string of the molecule is COc1ccc(NC(=O)[C@@]23C[C@H]2CN(c2ccccc2)S3(=O)=O)cc1OC. The number of carbonyl (C=O) groups is 1. The van der Waals surface area contributed by atoms with Crippen LogP contribution in [-0.2, 0) is 14.8 Å². The third-order valence-electron chi connectivity index (χ3n) is 5.26. The van der Waals surface area contributed by atoms with E-state index in [0.717, 1.165) is 0 Å². The number of amides is 1. The molecule has 0 radical (unpaired) electrons. The van der Waals surface area contributed by atoms with Crippen molar-refractivity contribution in [3.63, 3.8) is 0 Å². The molecule has 1 saturated heterocycles. The van der Waals surface area contributed by atoms with Crippen molar-refractivity contribution < 1.29 is 22.7 Å². The van der Waals surface area contributed by atoms with Crippen LogP contribution in [0.1, 0.15) is 6.42 Å². The Morgan fingerprint density at radius 2 is 1.81 bits per heavy atom. The Labute approximate surface area is 157 Å². The Hall–Kier alpha value is -2.74. The molecule has 2 aromatic rings. The van der Waals surface area contributed by atoms with Gasteiger partial charge in [0.2, 0.25) is 15.9 Å². The van der Waals surface area contributed by atoms with Gasteiger partial charge in [-0.05, 0) is 30.7 Å². The van der Waals surface area contributed by atoms with Gasteiger partial charge < -0.3 is 14.8 Å². The van der Waals surface area contributed by atoms with Crippen molar-refractivity contribution in [1.29, 1.82) is 0 Å². The van der Waals surface area contributed by atoms with E-state index in [0.29, 0.717) is 35.8 Å². The number of methoxy groups -OCH3 is 2. The highest BCUT2D eigenvalue weighted by Gasteiger charge is 2.75. The van der Waals surface area contributed by atoms with Crippen molar-refractivity contribution in [2.45, 2.75) is 11.2 Å². The van der Waals surface area contributed by atoms with Gasteiger partial charge in [0.1, 0.15) is 0 Å². The van der Waals surface area contributed by atoms with E-state index < -0.39 is 20.7 Å². The predicted molar refractivity (Wildman–Crippen MR) is 102 cm³/mol. The molecule has 1 amide bonds. The molecular formula is C19H20N2O5S. The summed E-state index contributed by atoms with van der Waals surface area (Å²) in [6.45, 7) is 0.325. The minimum atomic E-state index is -3.79. The summed E-state index contributed by atoms with van der Waals surface area (Å²) < 4.78 is 36.6. The van der Waals surface area contributed by atoms with Crippen molar-refractivity contribution in [3.8, 4) is 11.5 Å². The topological polar surface area (TPSA) is 84.9 Å². The fourth-order valence-electron chi connectivity index (χ4n) is 3.71. The maximum Gasteiger partial charge on any atom is 0.250 e. The van der Waals surface area contributed by atoms with Crippen LogP contribution >= 0.6 is 0 Å². The van der Waals surface area contributed by atoms with Crippen LogP contribution in [0.4, 0.5) is 11.4 Å². The normalized spacial score (nSPS) is 24.8. The Morgan fingerprint density at radius 1 is 1.11 bits per heavy atom. The second kappa shape index (κ2) is 6.16. The molecule has 142 valence electrons. The first-order chi connectivity index (χ1) is 12.9. The molecule has 2 aromatic carbocycles. The van der Waals surface area contributed by atoms with Crippen molar-refractivity contribution in [2.24, 2.45) is 5.92 Å². The molecule has 1 aliphatic heterocycles. The van der Waals surface area contributed by atoms with Crippen LogP contribution in [0.5, 0.6) is 11.5 Å². The first-order valence-corrected chi connectivity index (χ1v) is 9.99. The van der Waals surface area contributed by atoms with E-state index in [-0.39, 0.29) is 5.92 Å². The van der Waals surface area contributed by atoms with E-state index in [1.165, 1.54) is 18.5 Å². The number of carbonyl (C=O) groups excluding carboxylic acids is 1. The lowest BCUT2D eigenvalue weighted by molar-refractivity contribution is -0.116. The van der Waals surface area contributed by atoms with Gasteiger partial charge in [0.05, 0.1) is 19.9 Å². The first-order valence-electron chi connectivity index (χ1n) is 8.55. The number of hydrogen-bond acceptors (Lipinski definition) is 5. The number of rotatable bonds is 5. The van der Waals surface area contributed by atoms with Crippen LogP contribution in [-0.4, -0.2) is 39.8 Å². The Morgan fingerprint density at radius 3 is 2.48 bits per heavy atom. The Bertz CT molecular complexity index is 992. The molecular weight excluding hydrogens is 368 g/mol. The molecule has 0 unspecified atom stereocenters. The van der Waals surface area contributed by atoms with Crippen LogP contribution in [0.15, 0.2) is 48.5 Å². The van der Waals surface area contributed by atoms with E-state index >= 15 is 0 Å². The maximum atomic E-state index is 13.1.